The lowest BCUT2D eigenvalue weighted by atomic mass is 9.98. The van der Waals surface area contributed by atoms with Crippen LogP contribution >= 0.6 is 11.8 Å². The Morgan fingerprint density at radius 3 is 2.03 bits per heavy atom. The molecule has 5 unspecified atom stereocenters. The molecule has 0 aliphatic carbocycles. The van der Waals surface area contributed by atoms with E-state index in [0.29, 0.717) is 25.0 Å². The number of carboxylic acids is 1. The summed E-state index contributed by atoms with van der Waals surface area (Å²) in [6.07, 6.45) is 3.28. The Morgan fingerprint density at radius 2 is 1.57 bits per heavy atom. The Balaban J connectivity index is 5.09. The van der Waals surface area contributed by atoms with Gasteiger partial charge in [0, 0.05) is 0 Å². The van der Waals surface area contributed by atoms with Gasteiger partial charge in [-0.25, -0.2) is 4.79 Å². The van der Waals surface area contributed by atoms with Crippen LogP contribution in [0.25, 0.3) is 0 Å². The topological polar surface area (TPSA) is 151 Å². The number of carboxylic acid groups (broad SMARTS) is 1. The molecule has 0 saturated carbocycles. The van der Waals surface area contributed by atoms with Crippen LogP contribution in [-0.2, 0) is 19.2 Å². The molecule has 0 saturated heterocycles. The van der Waals surface area contributed by atoms with Crippen LogP contribution in [0.2, 0.25) is 0 Å². The second-order valence-corrected chi connectivity index (χ2v) is 9.00. The smallest absolute Gasteiger partial charge is 0.326 e. The Bertz CT molecular complexity index is 588. The second-order valence-electron chi connectivity index (χ2n) is 8.02. The predicted molar refractivity (Wildman–Crippen MR) is 119 cm³/mol. The fraction of sp³-hybridized carbons (Fsp3) is 0.800. The highest BCUT2D eigenvalue weighted by atomic mass is 32.2. The normalized spacial score (nSPS) is 16.1. The molecule has 0 aromatic heterocycles. The van der Waals surface area contributed by atoms with E-state index in [4.69, 9.17) is 5.73 Å². The highest BCUT2D eigenvalue weighted by Gasteiger charge is 2.30. The summed E-state index contributed by atoms with van der Waals surface area (Å²) in [4.78, 5) is 48.9. The molecular formula is C20H38N4O5S. The number of hydrogen-bond acceptors (Lipinski definition) is 6. The molecule has 3 amide bonds. The minimum Gasteiger partial charge on any atom is -0.480 e. The largest absolute Gasteiger partial charge is 0.480 e. The maximum atomic E-state index is 12.7. The zero-order chi connectivity index (χ0) is 23.4. The first-order chi connectivity index (χ1) is 13.9. The van der Waals surface area contributed by atoms with Crippen molar-refractivity contribution >= 4 is 35.5 Å². The van der Waals surface area contributed by atoms with Gasteiger partial charge >= 0.3 is 5.97 Å². The molecule has 174 valence electrons. The van der Waals surface area contributed by atoms with Crippen LogP contribution in [0.15, 0.2) is 0 Å². The van der Waals surface area contributed by atoms with Gasteiger partial charge in [0.1, 0.15) is 18.1 Å². The average Bonchev–Trinajstić information content (AvgIpc) is 2.67. The van der Waals surface area contributed by atoms with Gasteiger partial charge in [0.25, 0.3) is 0 Å². The van der Waals surface area contributed by atoms with E-state index in [1.807, 2.05) is 27.0 Å². The number of amides is 3. The van der Waals surface area contributed by atoms with E-state index in [2.05, 4.69) is 16.0 Å². The SMILES string of the molecule is CCC(C)C(NC(=O)C(CCSC)NC(=O)C(C)NC(=O)C(N)CC(C)C)C(=O)O. The average molecular weight is 447 g/mol. The third kappa shape index (κ3) is 10.3. The minimum atomic E-state index is -1.12. The number of thioether (sulfide) groups is 1. The summed E-state index contributed by atoms with van der Waals surface area (Å²) >= 11 is 1.51. The standard InChI is InChI=1S/C20H38N4O5S/c1-7-12(4)16(20(28)29)24-19(27)15(8-9-30-6)23-17(25)13(5)22-18(26)14(21)10-11(2)3/h11-16H,7-10,21H2,1-6H3,(H,22,26)(H,23,25)(H,24,27)(H,28,29). The molecule has 30 heavy (non-hydrogen) atoms. The lowest BCUT2D eigenvalue weighted by Crippen LogP contribution is -2.57. The summed E-state index contributed by atoms with van der Waals surface area (Å²) < 4.78 is 0. The van der Waals surface area contributed by atoms with Gasteiger partial charge in [-0.2, -0.15) is 11.8 Å². The number of nitrogens with one attached hydrogen (secondary N) is 3. The molecule has 0 rings (SSSR count). The van der Waals surface area contributed by atoms with Crippen molar-refractivity contribution in [3.8, 4) is 0 Å². The van der Waals surface area contributed by atoms with Crippen LogP contribution in [0.5, 0.6) is 0 Å². The molecule has 0 aromatic carbocycles. The maximum Gasteiger partial charge on any atom is 0.326 e. The molecule has 0 aromatic rings. The molecule has 6 N–H and O–H groups in total. The van der Waals surface area contributed by atoms with Gasteiger partial charge in [-0.3, -0.25) is 14.4 Å². The molecule has 0 bridgehead atoms. The molecular weight excluding hydrogens is 408 g/mol. The fourth-order valence-electron chi connectivity index (χ4n) is 2.74. The van der Waals surface area contributed by atoms with E-state index in [-0.39, 0.29) is 11.8 Å². The van der Waals surface area contributed by atoms with Crippen molar-refractivity contribution in [2.45, 2.75) is 78.0 Å². The summed E-state index contributed by atoms with van der Waals surface area (Å²) in [6.45, 7) is 8.99. The molecule has 0 heterocycles. The Labute approximate surface area is 183 Å². The van der Waals surface area contributed by atoms with Crippen LogP contribution in [0.3, 0.4) is 0 Å². The van der Waals surface area contributed by atoms with Crippen molar-refractivity contribution < 1.29 is 24.3 Å². The van der Waals surface area contributed by atoms with E-state index < -0.39 is 47.9 Å². The number of hydrogen-bond donors (Lipinski definition) is 5. The maximum absolute atomic E-state index is 12.7. The van der Waals surface area contributed by atoms with Crippen LogP contribution < -0.4 is 21.7 Å². The van der Waals surface area contributed by atoms with Crippen molar-refractivity contribution in [1.29, 1.82) is 0 Å². The molecule has 0 radical (unpaired) electrons. The summed E-state index contributed by atoms with van der Waals surface area (Å²) in [6, 6.07) is -3.55. The Morgan fingerprint density at radius 1 is 0.967 bits per heavy atom. The fourth-order valence-corrected chi connectivity index (χ4v) is 3.21. The molecule has 5 atom stereocenters. The number of aliphatic carboxylic acids is 1. The lowest BCUT2D eigenvalue weighted by molar-refractivity contribution is -0.143. The molecule has 0 fully saturated rings. The van der Waals surface area contributed by atoms with E-state index >= 15 is 0 Å². The van der Waals surface area contributed by atoms with Gasteiger partial charge in [-0.1, -0.05) is 34.1 Å². The minimum absolute atomic E-state index is 0.238. The summed E-state index contributed by atoms with van der Waals surface area (Å²) in [7, 11) is 0. The van der Waals surface area contributed by atoms with Crippen LogP contribution in [0, 0.1) is 11.8 Å². The van der Waals surface area contributed by atoms with Crippen molar-refractivity contribution in [1.82, 2.24) is 16.0 Å². The van der Waals surface area contributed by atoms with Crippen LogP contribution in [0.1, 0.15) is 53.9 Å². The van der Waals surface area contributed by atoms with E-state index in [1.165, 1.54) is 18.7 Å². The van der Waals surface area contributed by atoms with Gasteiger partial charge < -0.3 is 26.8 Å². The first-order valence-corrected chi connectivity index (χ1v) is 11.7. The van der Waals surface area contributed by atoms with Crippen molar-refractivity contribution in [2.24, 2.45) is 17.6 Å². The highest BCUT2D eigenvalue weighted by Crippen LogP contribution is 2.10. The van der Waals surface area contributed by atoms with Gasteiger partial charge in [-0.15, -0.1) is 0 Å². The zero-order valence-electron chi connectivity index (χ0n) is 18.9. The predicted octanol–water partition coefficient (Wildman–Crippen LogP) is 0.718. The summed E-state index contributed by atoms with van der Waals surface area (Å²) in [5.74, 6) is -2.06. The van der Waals surface area contributed by atoms with Crippen LogP contribution in [-0.4, -0.2) is 65.0 Å². The molecule has 0 spiro atoms. The van der Waals surface area contributed by atoms with Gasteiger partial charge in [0.2, 0.25) is 17.7 Å². The Kier molecular flexibility index (Phi) is 13.4. The monoisotopic (exact) mass is 446 g/mol. The second kappa shape index (κ2) is 14.2. The highest BCUT2D eigenvalue weighted by molar-refractivity contribution is 7.98. The van der Waals surface area contributed by atoms with Crippen molar-refractivity contribution in [3.05, 3.63) is 0 Å². The number of nitrogens with two attached hydrogens (primary N) is 1. The van der Waals surface area contributed by atoms with Crippen molar-refractivity contribution in [2.75, 3.05) is 12.0 Å². The molecule has 0 aliphatic heterocycles. The number of carbonyl (C=O) groups is 4. The Hall–Kier alpha value is -1.81. The lowest BCUT2D eigenvalue weighted by Gasteiger charge is -2.25. The third-order valence-electron chi connectivity index (χ3n) is 4.83. The molecule has 10 heteroatoms. The summed E-state index contributed by atoms with van der Waals surface area (Å²) in [5, 5.41) is 17.1. The van der Waals surface area contributed by atoms with E-state index in [1.54, 1.807) is 6.92 Å². The quantitative estimate of drug-likeness (QED) is 0.264. The zero-order valence-corrected chi connectivity index (χ0v) is 19.7. The van der Waals surface area contributed by atoms with E-state index in [0.717, 1.165) is 0 Å². The summed E-state index contributed by atoms with van der Waals surface area (Å²) in [5.41, 5.74) is 5.84. The van der Waals surface area contributed by atoms with Gasteiger partial charge in [0.15, 0.2) is 0 Å². The first kappa shape index (κ1) is 28.2. The molecule has 0 aliphatic rings. The van der Waals surface area contributed by atoms with Gasteiger partial charge in [0.05, 0.1) is 6.04 Å². The van der Waals surface area contributed by atoms with Gasteiger partial charge in [-0.05, 0) is 43.6 Å². The number of rotatable bonds is 14. The van der Waals surface area contributed by atoms with Crippen LogP contribution in [0.4, 0.5) is 0 Å². The molecule has 9 nitrogen and oxygen atoms in total. The number of carbonyl (C=O) groups excluding carboxylic acids is 3. The van der Waals surface area contributed by atoms with E-state index in [9.17, 15) is 24.3 Å². The third-order valence-corrected chi connectivity index (χ3v) is 5.48. The van der Waals surface area contributed by atoms with Crippen molar-refractivity contribution in [3.63, 3.8) is 0 Å². The first-order valence-electron chi connectivity index (χ1n) is 10.3.